The van der Waals surface area contributed by atoms with Crippen LogP contribution in [0.4, 0.5) is 5.82 Å². The first-order chi connectivity index (χ1) is 10.8. The average Bonchev–Trinajstić information content (AvgIpc) is 3.11. The van der Waals surface area contributed by atoms with Crippen molar-refractivity contribution in [2.45, 2.75) is 44.7 Å². The Hall–Kier alpha value is -1.13. The van der Waals surface area contributed by atoms with Gasteiger partial charge in [-0.05, 0) is 50.7 Å². The Bertz CT molecular complexity index is 515. The van der Waals surface area contributed by atoms with Crippen LogP contribution in [0.3, 0.4) is 0 Å². The van der Waals surface area contributed by atoms with Crippen LogP contribution in [-0.4, -0.2) is 54.8 Å². The van der Waals surface area contributed by atoms with Crippen LogP contribution >= 0.6 is 0 Å². The highest BCUT2D eigenvalue weighted by molar-refractivity contribution is 5.43. The molecule has 0 aliphatic carbocycles. The quantitative estimate of drug-likeness (QED) is 0.857. The van der Waals surface area contributed by atoms with E-state index in [0.29, 0.717) is 6.04 Å². The molecule has 0 amide bonds. The van der Waals surface area contributed by atoms with Gasteiger partial charge in [-0.2, -0.15) is 0 Å². The maximum atomic E-state index is 5.50. The second-order valence-corrected chi connectivity index (χ2v) is 7.09. The van der Waals surface area contributed by atoms with Gasteiger partial charge in [-0.25, -0.2) is 4.98 Å². The van der Waals surface area contributed by atoms with Gasteiger partial charge in [0, 0.05) is 50.6 Å². The molecule has 3 fully saturated rings. The first-order valence-corrected chi connectivity index (χ1v) is 8.83. The second kappa shape index (κ2) is 6.17. The number of ether oxygens (including phenoxy) is 1. The second-order valence-electron chi connectivity index (χ2n) is 7.09. The van der Waals surface area contributed by atoms with E-state index in [2.05, 4.69) is 34.9 Å². The molecule has 4 nitrogen and oxygen atoms in total. The van der Waals surface area contributed by atoms with Crippen LogP contribution in [0, 0.1) is 12.8 Å². The van der Waals surface area contributed by atoms with Gasteiger partial charge in [-0.1, -0.05) is 6.07 Å². The Balaban J connectivity index is 1.42. The molecule has 0 radical (unpaired) electrons. The van der Waals surface area contributed by atoms with Gasteiger partial charge in [0.1, 0.15) is 5.82 Å². The van der Waals surface area contributed by atoms with Crippen molar-refractivity contribution < 1.29 is 4.74 Å². The molecule has 3 aliphatic heterocycles. The summed E-state index contributed by atoms with van der Waals surface area (Å²) in [5.74, 6) is 2.03. The van der Waals surface area contributed by atoms with Crippen molar-refractivity contribution in [2.24, 2.45) is 5.92 Å². The minimum absolute atomic E-state index is 0.675. The van der Waals surface area contributed by atoms with Gasteiger partial charge >= 0.3 is 0 Å². The zero-order chi connectivity index (χ0) is 14.9. The summed E-state index contributed by atoms with van der Waals surface area (Å²) in [5, 5.41) is 0. The van der Waals surface area contributed by atoms with Crippen LogP contribution in [0.5, 0.6) is 0 Å². The van der Waals surface area contributed by atoms with Crippen LogP contribution in [0.25, 0.3) is 0 Å². The molecule has 120 valence electrons. The van der Waals surface area contributed by atoms with Crippen molar-refractivity contribution in [3.8, 4) is 0 Å². The monoisotopic (exact) mass is 301 g/mol. The number of nitrogens with zero attached hydrogens (tertiary/aromatic N) is 3. The number of hydrogen-bond acceptors (Lipinski definition) is 4. The zero-order valence-corrected chi connectivity index (χ0v) is 13.6. The highest BCUT2D eigenvalue weighted by atomic mass is 16.5. The summed E-state index contributed by atoms with van der Waals surface area (Å²) >= 11 is 0. The van der Waals surface area contributed by atoms with Crippen molar-refractivity contribution >= 4 is 5.82 Å². The van der Waals surface area contributed by atoms with E-state index >= 15 is 0 Å². The molecule has 4 heterocycles. The lowest BCUT2D eigenvalue weighted by atomic mass is 9.99. The smallest absolute Gasteiger partial charge is 0.129 e. The Kier molecular flexibility index (Phi) is 4.05. The molecule has 0 aromatic carbocycles. The minimum atomic E-state index is 0.675. The Morgan fingerprint density at radius 3 is 2.73 bits per heavy atom. The average molecular weight is 301 g/mol. The van der Waals surface area contributed by atoms with Crippen LogP contribution in [-0.2, 0) is 4.74 Å². The van der Waals surface area contributed by atoms with Crippen molar-refractivity contribution in [1.29, 1.82) is 0 Å². The van der Waals surface area contributed by atoms with Crippen LogP contribution < -0.4 is 4.90 Å². The number of pyridine rings is 1. The molecule has 0 saturated carbocycles. The summed E-state index contributed by atoms with van der Waals surface area (Å²) in [5.41, 5.74) is 1.12. The highest BCUT2D eigenvalue weighted by Crippen LogP contribution is 2.35. The summed E-state index contributed by atoms with van der Waals surface area (Å²) in [4.78, 5) is 10.1. The number of aryl methyl sites for hydroxylation is 1. The van der Waals surface area contributed by atoms with E-state index in [1.165, 1.54) is 44.6 Å². The predicted molar refractivity (Wildman–Crippen MR) is 88.2 cm³/mol. The lowest BCUT2D eigenvalue weighted by molar-refractivity contribution is 0.0508. The minimum Gasteiger partial charge on any atom is -0.381 e. The number of rotatable bonds is 3. The molecular weight excluding hydrogens is 274 g/mol. The summed E-state index contributed by atoms with van der Waals surface area (Å²) in [7, 11) is 0. The zero-order valence-electron chi connectivity index (χ0n) is 13.6. The van der Waals surface area contributed by atoms with Gasteiger partial charge < -0.3 is 9.64 Å². The molecule has 0 unspecified atom stereocenters. The standard InChI is InChI=1S/C18H27N3O/c1-14-3-2-4-18(19-14)21-10-6-16-17(21)5-9-20(16)13-15-7-11-22-12-8-15/h2-4,15-17H,5-13H2,1H3/t16-,17+/m1/s1. The fraction of sp³-hybridized carbons (Fsp3) is 0.722. The molecule has 22 heavy (non-hydrogen) atoms. The van der Waals surface area contributed by atoms with Gasteiger partial charge in [0.15, 0.2) is 0 Å². The van der Waals surface area contributed by atoms with Gasteiger partial charge in [0.2, 0.25) is 0 Å². The van der Waals surface area contributed by atoms with E-state index in [-0.39, 0.29) is 0 Å². The maximum absolute atomic E-state index is 5.50. The Morgan fingerprint density at radius 1 is 1.09 bits per heavy atom. The van der Waals surface area contributed by atoms with Crippen molar-refractivity contribution in [1.82, 2.24) is 9.88 Å². The molecule has 3 aliphatic rings. The van der Waals surface area contributed by atoms with Crippen molar-refractivity contribution in [2.75, 3.05) is 37.7 Å². The van der Waals surface area contributed by atoms with Gasteiger partial charge in [0.05, 0.1) is 0 Å². The SMILES string of the molecule is Cc1cccc(N2CC[C@@H]3[C@@H]2CCN3CC2CCOCC2)n1. The van der Waals surface area contributed by atoms with Gasteiger partial charge in [-0.15, -0.1) is 0 Å². The summed E-state index contributed by atoms with van der Waals surface area (Å²) in [6, 6.07) is 7.82. The van der Waals surface area contributed by atoms with E-state index in [0.717, 1.165) is 37.4 Å². The summed E-state index contributed by atoms with van der Waals surface area (Å²) in [6.45, 7) is 7.71. The first-order valence-electron chi connectivity index (χ1n) is 8.83. The van der Waals surface area contributed by atoms with Crippen molar-refractivity contribution in [3.05, 3.63) is 23.9 Å². The number of anilines is 1. The Labute approximate surface area is 133 Å². The molecule has 1 aromatic rings. The van der Waals surface area contributed by atoms with E-state index in [1.54, 1.807) is 0 Å². The normalized spacial score (nSPS) is 30.0. The number of fused-ring (bicyclic) bond motifs is 1. The van der Waals surface area contributed by atoms with Gasteiger partial charge in [0.25, 0.3) is 0 Å². The third-order valence-corrected chi connectivity index (χ3v) is 5.69. The summed E-state index contributed by atoms with van der Waals surface area (Å²) in [6.07, 6.45) is 5.08. The predicted octanol–water partition coefficient (Wildman–Crippen LogP) is 2.47. The van der Waals surface area contributed by atoms with E-state index in [4.69, 9.17) is 9.72 Å². The lowest BCUT2D eigenvalue weighted by Crippen LogP contribution is -2.39. The molecule has 4 heteroatoms. The van der Waals surface area contributed by atoms with Crippen LogP contribution in [0.1, 0.15) is 31.4 Å². The first kappa shape index (κ1) is 14.5. The molecule has 4 rings (SSSR count). The Morgan fingerprint density at radius 2 is 1.91 bits per heavy atom. The van der Waals surface area contributed by atoms with Gasteiger partial charge in [-0.3, -0.25) is 4.90 Å². The molecule has 0 bridgehead atoms. The van der Waals surface area contributed by atoms with E-state index in [9.17, 15) is 0 Å². The molecular formula is C18H27N3O. The lowest BCUT2D eigenvalue weighted by Gasteiger charge is -2.30. The fourth-order valence-corrected chi connectivity index (χ4v) is 4.54. The van der Waals surface area contributed by atoms with E-state index in [1.807, 2.05) is 0 Å². The molecule has 2 atom stereocenters. The molecule has 3 saturated heterocycles. The topological polar surface area (TPSA) is 28.6 Å². The van der Waals surface area contributed by atoms with Crippen LogP contribution in [0.15, 0.2) is 18.2 Å². The molecule has 0 spiro atoms. The van der Waals surface area contributed by atoms with Crippen molar-refractivity contribution in [3.63, 3.8) is 0 Å². The number of hydrogen-bond donors (Lipinski definition) is 0. The molecule has 1 aromatic heterocycles. The van der Waals surface area contributed by atoms with E-state index < -0.39 is 0 Å². The number of aromatic nitrogens is 1. The third kappa shape index (κ3) is 2.74. The largest absolute Gasteiger partial charge is 0.381 e. The highest BCUT2D eigenvalue weighted by Gasteiger charge is 2.43. The fourth-order valence-electron chi connectivity index (χ4n) is 4.54. The third-order valence-electron chi connectivity index (χ3n) is 5.69. The number of likely N-dealkylation sites (tertiary alicyclic amines) is 1. The maximum Gasteiger partial charge on any atom is 0.129 e. The summed E-state index contributed by atoms with van der Waals surface area (Å²) < 4.78 is 5.50. The van der Waals surface area contributed by atoms with Crippen LogP contribution in [0.2, 0.25) is 0 Å². The molecule has 0 N–H and O–H groups in total.